The first-order valence-corrected chi connectivity index (χ1v) is 24.0. The lowest BCUT2D eigenvalue weighted by molar-refractivity contribution is -0.135. The zero-order valence-electron chi connectivity index (χ0n) is 39.1. The van der Waals surface area contributed by atoms with Crippen LogP contribution in [0, 0.1) is 17.7 Å². The van der Waals surface area contributed by atoms with Gasteiger partial charge < -0.3 is 44.8 Å². The monoisotopic (exact) mass is 905 g/mol. The number of benzene rings is 3. The van der Waals surface area contributed by atoms with E-state index in [2.05, 4.69) is 85.5 Å². The summed E-state index contributed by atoms with van der Waals surface area (Å²) in [6, 6.07) is 17.5. The number of carbonyl (C=O) groups is 3. The molecule has 15 nitrogen and oxygen atoms in total. The number of halogens is 1. The number of carbonyl (C=O) groups excluding carboxylic acids is 3. The number of nitrogens with one attached hydrogen (secondary N) is 4. The van der Waals surface area contributed by atoms with E-state index < -0.39 is 18.2 Å². The number of fused-ring (bicyclic) bond motifs is 2. The third-order valence-electron chi connectivity index (χ3n) is 14.4. The number of rotatable bonds is 12. The van der Waals surface area contributed by atoms with Crippen LogP contribution in [0.5, 0.6) is 0 Å². The fourth-order valence-electron chi connectivity index (χ4n) is 11.1. The number of H-pyrrole nitrogens is 2. The molecule has 5 aromatic rings. The molecular weight excluding hydrogens is 840 g/mol. The van der Waals surface area contributed by atoms with E-state index in [4.69, 9.17) is 19.4 Å². The zero-order valence-corrected chi connectivity index (χ0v) is 39.1. The summed E-state index contributed by atoms with van der Waals surface area (Å²) in [5, 5.41) is 5.79. The lowest BCUT2D eigenvalue weighted by Crippen LogP contribution is -2.51. The Kier molecular flexibility index (Phi) is 13.1. The number of hydrogen-bond donors (Lipinski definition) is 4. The SMILES string of the molecule is COC(=O)N[C@H](C(=O)N1CCC[C@H]1c1nc2ccc([C@@H]3CC[C@@H](c4ccc5nc([C@@H]6CCCN6[C@@H](NC(=O)OC)C(C)C)[nH]c5c4)N3c3ccc(N4CCCCC4)c(F)c3)cc2[nH]1)C(C)C. The van der Waals surface area contributed by atoms with Gasteiger partial charge in [-0.25, -0.2) is 23.9 Å². The van der Waals surface area contributed by atoms with Gasteiger partial charge in [-0.1, -0.05) is 39.8 Å². The van der Waals surface area contributed by atoms with Gasteiger partial charge in [0.1, 0.15) is 23.5 Å². The zero-order chi connectivity index (χ0) is 46.2. The maximum Gasteiger partial charge on any atom is 0.408 e. The lowest BCUT2D eigenvalue weighted by atomic mass is 10.0. The number of nitrogens with zero attached hydrogens (tertiary/aromatic N) is 6. The molecule has 0 unspecified atom stereocenters. The Morgan fingerprint density at radius 1 is 0.667 bits per heavy atom. The van der Waals surface area contributed by atoms with E-state index in [1.807, 2.05) is 30.9 Å². The van der Waals surface area contributed by atoms with Gasteiger partial charge in [-0.15, -0.1) is 0 Å². The summed E-state index contributed by atoms with van der Waals surface area (Å²) in [5.41, 5.74) is 7.20. The van der Waals surface area contributed by atoms with Gasteiger partial charge in [-0.3, -0.25) is 9.69 Å². The predicted octanol–water partition coefficient (Wildman–Crippen LogP) is 9.17. The van der Waals surface area contributed by atoms with Crippen LogP contribution in [0.3, 0.4) is 0 Å². The van der Waals surface area contributed by atoms with Crippen LogP contribution in [-0.4, -0.2) is 100 Å². The minimum Gasteiger partial charge on any atom is -0.453 e. The highest BCUT2D eigenvalue weighted by Crippen LogP contribution is 2.48. The molecule has 4 aliphatic heterocycles. The smallest absolute Gasteiger partial charge is 0.408 e. The molecule has 352 valence electrons. The number of aromatic amines is 2. The summed E-state index contributed by atoms with van der Waals surface area (Å²) in [4.78, 5) is 64.5. The number of anilines is 2. The molecule has 16 heteroatoms. The molecule has 6 atom stereocenters. The molecule has 0 aliphatic carbocycles. The van der Waals surface area contributed by atoms with Gasteiger partial charge in [0.2, 0.25) is 5.91 Å². The molecule has 0 bridgehead atoms. The first kappa shape index (κ1) is 45.3. The van der Waals surface area contributed by atoms with Crippen molar-refractivity contribution in [2.45, 2.75) is 122 Å². The highest BCUT2D eigenvalue weighted by Gasteiger charge is 2.40. The van der Waals surface area contributed by atoms with Crippen molar-refractivity contribution in [1.82, 2.24) is 40.4 Å². The molecule has 9 rings (SSSR count). The van der Waals surface area contributed by atoms with Gasteiger partial charge >= 0.3 is 12.2 Å². The molecule has 2 aromatic heterocycles. The molecule has 4 aliphatic rings. The highest BCUT2D eigenvalue weighted by atomic mass is 19.1. The van der Waals surface area contributed by atoms with Gasteiger partial charge in [-0.05, 0) is 123 Å². The molecule has 4 saturated heterocycles. The van der Waals surface area contributed by atoms with E-state index in [0.717, 1.165) is 122 Å². The first-order chi connectivity index (χ1) is 31.9. The van der Waals surface area contributed by atoms with Gasteiger partial charge in [0, 0.05) is 31.9 Å². The number of aromatic nitrogens is 4. The van der Waals surface area contributed by atoms with Crippen molar-refractivity contribution < 1.29 is 28.2 Å². The van der Waals surface area contributed by atoms with E-state index in [-0.39, 0.29) is 53.9 Å². The van der Waals surface area contributed by atoms with E-state index in [9.17, 15) is 14.4 Å². The van der Waals surface area contributed by atoms with Gasteiger partial charge in [0.25, 0.3) is 0 Å². The Hall–Kier alpha value is -5.90. The molecule has 66 heavy (non-hydrogen) atoms. The Labute approximate surface area is 386 Å². The van der Waals surface area contributed by atoms with Crippen LogP contribution in [0.25, 0.3) is 22.1 Å². The van der Waals surface area contributed by atoms with Crippen LogP contribution < -0.4 is 20.4 Å². The molecule has 3 amide bonds. The quantitative estimate of drug-likeness (QED) is 0.0950. The van der Waals surface area contributed by atoms with Crippen LogP contribution in [0.2, 0.25) is 0 Å². The normalized spacial score (nSPS) is 22.5. The van der Waals surface area contributed by atoms with Gasteiger partial charge in [0.15, 0.2) is 0 Å². The second-order valence-electron chi connectivity index (χ2n) is 19.3. The summed E-state index contributed by atoms with van der Waals surface area (Å²) < 4.78 is 26.2. The second kappa shape index (κ2) is 19.1. The van der Waals surface area contributed by atoms with Gasteiger partial charge in [-0.2, -0.15) is 0 Å². The molecule has 0 saturated carbocycles. The summed E-state index contributed by atoms with van der Waals surface area (Å²) in [7, 11) is 2.69. The van der Waals surface area contributed by atoms with Crippen LogP contribution in [0.1, 0.15) is 132 Å². The minimum absolute atomic E-state index is 0.00911. The number of methoxy groups -OCH3 is 2. The van der Waals surface area contributed by atoms with Crippen LogP contribution in [0.15, 0.2) is 54.6 Å². The van der Waals surface area contributed by atoms with E-state index in [0.29, 0.717) is 12.2 Å². The Morgan fingerprint density at radius 2 is 1.26 bits per heavy atom. The van der Waals surface area contributed by atoms with Crippen LogP contribution in [0.4, 0.5) is 25.4 Å². The number of ether oxygens (including phenoxy) is 2. The molecule has 4 N–H and O–H groups in total. The number of likely N-dealkylation sites (tertiary alicyclic amines) is 2. The molecule has 4 fully saturated rings. The minimum atomic E-state index is -0.720. The van der Waals surface area contributed by atoms with E-state index in [1.54, 1.807) is 6.07 Å². The molecule has 6 heterocycles. The summed E-state index contributed by atoms with van der Waals surface area (Å²) >= 11 is 0. The molecule has 3 aromatic carbocycles. The predicted molar refractivity (Wildman–Crippen MR) is 253 cm³/mol. The molecular formula is C50H65FN10O5. The maximum atomic E-state index is 16.4. The van der Waals surface area contributed by atoms with Crippen molar-refractivity contribution in [2.24, 2.45) is 11.8 Å². The topological polar surface area (TPSA) is 164 Å². The van der Waals surface area contributed by atoms with Crippen LogP contribution in [-0.2, 0) is 14.3 Å². The van der Waals surface area contributed by atoms with Crippen molar-refractivity contribution in [3.8, 4) is 0 Å². The fourth-order valence-corrected chi connectivity index (χ4v) is 11.1. The largest absolute Gasteiger partial charge is 0.453 e. The van der Waals surface area contributed by atoms with Crippen molar-refractivity contribution in [3.05, 3.63) is 83.2 Å². The van der Waals surface area contributed by atoms with Crippen molar-refractivity contribution in [2.75, 3.05) is 50.2 Å². The Bertz CT molecular complexity index is 2550. The average Bonchev–Trinajstić information content (AvgIpc) is 4.18. The van der Waals surface area contributed by atoms with Crippen molar-refractivity contribution in [3.63, 3.8) is 0 Å². The third kappa shape index (κ3) is 8.87. The summed E-state index contributed by atoms with van der Waals surface area (Å²) in [6.07, 6.45) is 7.20. The summed E-state index contributed by atoms with van der Waals surface area (Å²) in [5.74, 6) is 1.27. The Balaban J connectivity index is 1.03. The number of amides is 3. The molecule has 0 radical (unpaired) electrons. The van der Waals surface area contributed by atoms with Gasteiger partial charge in [0.05, 0.1) is 72.3 Å². The Morgan fingerprint density at radius 3 is 1.85 bits per heavy atom. The van der Waals surface area contributed by atoms with E-state index in [1.165, 1.54) is 20.6 Å². The highest BCUT2D eigenvalue weighted by molar-refractivity contribution is 5.87. The lowest BCUT2D eigenvalue weighted by Gasteiger charge is -2.35. The maximum absolute atomic E-state index is 16.4. The number of imidazole rings is 2. The number of hydrogen-bond acceptors (Lipinski definition) is 10. The average molecular weight is 905 g/mol. The fraction of sp³-hybridized carbons (Fsp3) is 0.540. The second-order valence-corrected chi connectivity index (χ2v) is 19.3. The van der Waals surface area contributed by atoms with Crippen LogP contribution >= 0.6 is 0 Å². The summed E-state index contributed by atoms with van der Waals surface area (Å²) in [6.45, 7) is 11.2. The number of alkyl carbamates (subject to hydrolysis) is 2. The molecule has 0 spiro atoms. The van der Waals surface area contributed by atoms with Crippen molar-refractivity contribution in [1.29, 1.82) is 0 Å². The standard InChI is InChI=1S/C50H65FN10O5/c1-29(2)44(56-49(63)65-5)48(62)60-25-11-13-43(60)46-53-36-18-15-32(27-38(36)55-46)40-21-20-39(61(40)33-16-19-41(34(51)28-33)58-22-8-7-9-23-58)31-14-17-35-37(26-31)54-45(52-35)42-12-10-24-59(42)47(30(3)4)57-50(64)66-6/h14-19,26-30,39-40,42-44,47H,7-13,20-25H2,1-6H3,(H,52,54)(H,53,55)(H,56,63)(H,57,64)/t39-,40-,42-,43-,44-,47+/m0/s1. The van der Waals surface area contributed by atoms with Crippen molar-refractivity contribution >= 4 is 51.5 Å². The number of piperidine rings is 1. The third-order valence-corrected chi connectivity index (χ3v) is 14.4. The van der Waals surface area contributed by atoms with E-state index >= 15 is 4.39 Å². The first-order valence-electron chi connectivity index (χ1n) is 24.0.